The Bertz CT molecular complexity index is 1340. The van der Waals surface area contributed by atoms with Gasteiger partial charge in [-0.25, -0.2) is 4.98 Å². The molecule has 0 fully saturated rings. The lowest BCUT2D eigenvalue weighted by Gasteiger charge is -2.10. The van der Waals surface area contributed by atoms with Gasteiger partial charge in [-0.05, 0) is 54.9 Å². The van der Waals surface area contributed by atoms with Crippen molar-refractivity contribution < 1.29 is 18.0 Å². The molecular weight excluding hydrogens is 486 g/mol. The van der Waals surface area contributed by atoms with E-state index in [2.05, 4.69) is 25.0 Å². The van der Waals surface area contributed by atoms with Crippen LogP contribution in [0.4, 0.5) is 29.7 Å². The summed E-state index contributed by atoms with van der Waals surface area (Å²) in [6.45, 7) is 1.68. The minimum absolute atomic E-state index is 0.100. The number of hydrogen-bond donors (Lipinski definition) is 2. The number of carbonyl (C=O) groups is 1. The molecular formula is C20H12Cl2F3N5OS. The van der Waals surface area contributed by atoms with Crippen LogP contribution in [0.1, 0.15) is 21.6 Å². The van der Waals surface area contributed by atoms with Crippen LogP contribution >= 0.6 is 34.7 Å². The van der Waals surface area contributed by atoms with Crippen molar-refractivity contribution in [3.63, 3.8) is 0 Å². The van der Waals surface area contributed by atoms with Crippen molar-refractivity contribution in [2.75, 3.05) is 10.6 Å². The highest BCUT2D eigenvalue weighted by molar-refractivity contribution is 7.10. The fourth-order valence-corrected chi connectivity index (χ4v) is 3.95. The number of anilines is 3. The molecule has 0 aliphatic carbocycles. The van der Waals surface area contributed by atoms with Gasteiger partial charge in [0.1, 0.15) is 10.8 Å². The first-order valence-corrected chi connectivity index (χ1v) is 10.5. The standard InChI is InChI=1S/C20H12Cl2F3N5OS/c1-9-17(18(31)27-11-3-4-12(21)13(22)7-11)19(32-30-9)29-16-8-26-15-6-10(20(23,24)25)2-5-14(15)28-16/h2-8H,1H3,(H,27,31)(H,28,29). The number of hydrogen-bond acceptors (Lipinski definition) is 6. The summed E-state index contributed by atoms with van der Waals surface area (Å²) in [6, 6.07) is 7.80. The van der Waals surface area contributed by atoms with Crippen LogP contribution in [0.2, 0.25) is 10.0 Å². The van der Waals surface area contributed by atoms with Gasteiger partial charge in [0.2, 0.25) is 0 Å². The fourth-order valence-electron chi connectivity index (χ4n) is 2.85. The summed E-state index contributed by atoms with van der Waals surface area (Å²) < 4.78 is 42.9. The Morgan fingerprint density at radius 1 is 1.06 bits per heavy atom. The quantitative estimate of drug-likeness (QED) is 0.327. The van der Waals surface area contributed by atoms with Crippen LogP contribution < -0.4 is 10.6 Å². The van der Waals surface area contributed by atoms with Crippen LogP contribution in [0.3, 0.4) is 0 Å². The molecule has 2 heterocycles. The topological polar surface area (TPSA) is 79.8 Å². The molecule has 0 saturated carbocycles. The largest absolute Gasteiger partial charge is 0.416 e. The molecule has 1 amide bonds. The Balaban J connectivity index is 1.59. The molecule has 6 nitrogen and oxygen atoms in total. The molecule has 0 aliphatic heterocycles. The van der Waals surface area contributed by atoms with E-state index in [-0.39, 0.29) is 22.4 Å². The third kappa shape index (κ3) is 4.62. The minimum atomic E-state index is -4.47. The van der Waals surface area contributed by atoms with Gasteiger partial charge in [0.25, 0.3) is 5.91 Å². The third-order valence-corrected chi connectivity index (χ3v) is 5.97. The SMILES string of the molecule is Cc1nsc(Nc2cnc3cc(C(F)(F)F)ccc3n2)c1C(=O)Nc1ccc(Cl)c(Cl)c1. The van der Waals surface area contributed by atoms with Crippen LogP contribution in [0.15, 0.2) is 42.6 Å². The average Bonchev–Trinajstić information content (AvgIpc) is 3.09. The second-order valence-corrected chi connectivity index (χ2v) is 8.22. The van der Waals surface area contributed by atoms with E-state index in [0.717, 1.165) is 23.7 Å². The highest BCUT2D eigenvalue weighted by Gasteiger charge is 2.30. The molecule has 0 saturated heterocycles. The van der Waals surface area contributed by atoms with Gasteiger partial charge in [0.05, 0.1) is 44.1 Å². The average molecular weight is 498 g/mol. The maximum Gasteiger partial charge on any atom is 0.416 e. The van der Waals surface area contributed by atoms with E-state index < -0.39 is 17.6 Å². The smallest absolute Gasteiger partial charge is 0.329 e. The fraction of sp³-hybridized carbons (Fsp3) is 0.100. The minimum Gasteiger partial charge on any atom is -0.329 e. The van der Waals surface area contributed by atoms with Crippen molar-refractivity contribution in [3.05, 3.63) is 69.5 Å². The lowest BCUT2D eigenvalue weighted by Crippen LogP contribution is -2.14. The van der Waals surface area contributed by atoms with Gasteiger partial charge in [-0.1, -0.05) is 23.2 Å². The molecule has 32 heavy (non-hydrogen) atoms. The summed E-state index contributed by atoms with van der Waals surface area (Å²) in [5.41, 5.74) is 0.787. The van der Waals surface area contributed by atoms with E-state index in [1.165, 1.54) is 18.3 Å². The van der Waals surface area contributed by atoms with Gasteiger partial charge in [-0.2, -0.15) is 17.5 Å². The van der Waals surface area contributed by atoms with Gasteiger partial charge >= 0.3 is 6.18 Å². The number of nitrogens with one attached hydrogen (secondary N) is 2. The Morgan fingerprint density at radius 2 is 1.84 bits per heavy atom. The summed E-state index contributed by atoms with van der Waals surface area (Å²) in [4.78, 5) is 21.2. The van der Waals surface area contributed by atoms with Gasteiger partial charge in [0, 0.05) is 5.69 Å². The monoisotopic (exact) mass is 497 g/mol. The van der Waals surface area contributed by atoms with Crippen molar-refractivity contribution in [3.8, 4) is 0 Å². The van der Waals surface area contributed by atoms with Crippen LogP contribution in [-0.2, 0) is 6.18 Å². The molecule has 0 aliphatic rings. The van der Waals surface area contributed by atoms with Crippen molar-refractivity contribution in [2.45, 2.75) is 13.1 Å². The van der Waals surface area contributed by atoms with Crippen LogP contribution in [0.5, 0.6) is 0 Å². The molecule has 2 N–H and O–H groups in total. The molecule has 164 valence electrons. The van der Waals surface area contributed by atoms with E-state index in [9.17, 15) is 18.0 Å². The first-order chi connectivity index (χ1) is 15.1. The lowest BCUT2D eigenvalue weighted by molar-refractivity contribution is -0.137. The van der Waals surface area contributed by atoms with E-state index in [1.807, 2.05) is 0 Å². The molecule has 4 rings (SSSR count). The zero-order valence-electron chi connectivity index (χ0n) is 16.1. The predicted octanol–water partition coefficient (Wildman–Crippen LogP) is 6.72. The number of halogens is 5. The van der Waals surface area contributed by atoms with Crippen molar-refractivity contribution in [1.82, 2.24) is 14.3 Å². The van der Waals surface area contributed by atoms with Gasteiger partial charge in [-0.3, -0.25) is 9.78 Å². The Morgan fingerprint density at radius 3 is 2.56 bits per heavy atom. The summed E-state index contributed by atoms with van der Waals surface area (Å²) in [6.07, 6.45) is -3.18. The molecule has 0 unspecified atom stereocenters. The van der Waals surface area contributed by atoms with Gasteiger partial charge in [-0.15, -0.1) is 0 Å². The third-order valence-electron chi connectivity index (χ3n) is 4.38. The van der Waals surface area contributed by atoms with Crippen molar-refractivity contribution in [1.29, 1.82) is 0 Å². The maximum atomic E-state index is 12.9. The highest BCUT2D eigenvalue weighted by Crippen LogP contribution is 2.32. The zero-order chi connectivity index (χ0) is 23.0. The number of nitrogens with zero attached hydrogens (tertiary/aromatic N) is 3. The van der Waals surface area contributed by atoms with Crippen molar-refractivity contribution >= 4 is 68.2 Å². The number of aryl methyl sites for hydroxylation is 1. The Labute approximate surface area is 193 Å². The van der Waals surface area contributed by atoms with E-state index >= 15 is 0 Å². The molecule has 0 radical (unpaired) electrons. The second kappa shape index (κ2) is 8.53. The van der Waals surface area contributed by atoms with Gasteiger partial charge in [0.15, 0.2) is 0 Å². The van der Waals surface area contributed by atoms with Crippen LogP contribution in [0.25, 0.3) is 11.0 Å². The first kappa shape index (κ1) is 22.3. The zero-order valence-corrected chi connectivity index (χ0v) is 18.4. The van der Waals surface area contributed by atoms with Crippen LogP contribution in [-0.4, -0.2) is 20.2 Å². The summed E-state index contributed by atoms with van der Waals surface area (Å²) in [5, 5.41) is 6.76. The van der Waals surface area contributed by atoms with Crippen LogP contribution in [0, 0.1) is 6.92 Å². The number of benzene rings is 2. The number of alkyl halides is 3. The molecule has 0 spiro atoms. The first-order valence-electron chi connectivity index (χ1n) is 8.95. The Kier molecular flexibility index (Phi) is 5.93. The summed E-state index contributed by atoms with van der Waals surface area (Å²) >= 11 is 12.9. The Hall–Kier alpha value is -2.95. The summed E-state index contributed by atoms with van der Waals surface area (Å²) in [7, 11) is 0. The van der Waals surface area contributed by atoms with Crippen molar-refractivity contribution in [2.24, 2.45) is 0 Å². The predicted molar refractivity (Wildman–Crippen MR) is 119 cm³/mol. The maximum absolute atomic E-state index is 12.9. The molecule has 2 aromatic carbocycles. The number of amides is 1. The number of rotatable bonds is 4. The normalized spacial score (nSPS) is 11.6. The number of aromatic nitrogens is 3. The summed E-state index contributed by atoms with van der Waals surface area (Å²) in [5.74, 6) is -0.176. The second-order valence-electron chi connectivity index (χ2n) is 6.64. The molecule has 4 aromatic rings. The van der Waals surface area contributed by atoms with E-state index in [4.69, 9.17) is 23.2 Å². The molecule has 0 bridgehead atoms. The van der Waals surface area contributed by atoms with E-state index in [0.29, 0.717) is 26.4 Å². The van der Waals surface area contributed by atoms with Gasteiger partial charge < -0.3 is 10.6 Å². The number of carbonyl (C=O) groups excluding carboxylic acids is 1. The lowest BCUT2D eigenvalue weighted by atomic mass is 10.2. The molecule has 12 heteroatoms. The molecule has 2 aromatic heterocycles. The molecule has 0 atom stereocenters. The highest BCUT2D eigenvalue weighted by atomic mass is 35.5. The number of fused-ring (bicyclic) bond motifs is 1. The van der Waals surface area contributed by atoms with E-state index in [1.54, 1.807) is 19.1 Å².